The summed E-state index contributed by atoms with van der Waals surface area (Å²) >= 11 is 25.4. The molecule has 0 spiro atoms. The number of phenolic OH excluding ortho intramolecular Hbond substituents is 1. The largest absolute Gasteiger partial charge is 0.505 e. The van der Waals surface area contributed by atoms with Gasteiger partial charge in [-0.15, -0.1) is 11.8 Å². The van der Waals surface area contributed by atoms with Crippen molar-refractivity contribution in [3.63, 3.8) is 0 Å². The topological polar surface area (TPSA) is 20.2 Å². The molecule has 1 nitrogen and oxygen atoms in total. The summed E-state index contributed by atoms with van der Waals surface area (Å²) in [4.78, 5) is 0.641. The molecule has 0 aliphatic heterocycles. The van der Waals surface area contributed by atoms with Crippen LogP contribution in [0.3, 0.4) is 0 Å². The maximum atomic E-state index is 9.59. The summed E-state index contributed by atoms with van der Waals surface area (Å²) in [5.41, 5.74) is 0. The van der Waals surface area contributed by atoms with Gasteiger partial charge >= 0.3 is 0 Å². The van der Waals surface area contributed by atoms with Gasteiger partial charge in [-0.05, 0) is 12.2 Å². The summed E-state index contributed by atoms with van der Waals surface area (Å²) in [5.74, 6) is 0.639. The van der Waals surface area contributed by atoms with Gasteiger partial charge in [-0.25, -0.2) is 0 Å². The third-order valence-corrected chi connectivity index (χ3v) is 5.54. The third kappa shape index (κ3) is 4.01. The first kappa shape index (κ1) is 16.6. The Morgan fingerprint density at radius 2 is 1.44 bits per heavy atom. The van der Waals surface area contributed by atoms with Gasteiger partial charge in [0.2, 0.25) is 0 Å². The minimum Gasteiger partial charge on any atom is -0.505 e. The van der Waals surface area contributed by atoms with E-state index in [1.165, 1.54) is 31.0 Å². The van der Waals surface area contributed by atoms with Gasteiger partial charge in [0.1, 0.15) is 10.0 Å². The average molecular weight is 348 g/mol. The molecule has 0 atom stereocenters. The van der Waals surface area contributed by atoms with Crippen molar-refractivity contribution in [2.45, 2.75) is 37.5 Å². The third-order valence-electron chi connectivity index (χ3n) is 2.44. The molecule has 0 bridgehead atoms. The first-order valence-corrected chi connectivity index (χ1v) is 8.18. The lowest BCUT2D eigenvalue weighted by molar-refractivity contribution is 0.475. The molecule has 102 valence electrons. The predicted octanol–water partition coefficient (Wildman–Crippen LogP) is 6.68. The van der Waals surface area contributed by atoms with Crippen molar-refractivity contribution < 1.29 is 5.11 Å². The molecule has 1 aromatic rings. The highest BCUT2D eigenvalue weighted by molar-refractivity contribution is 7.99. The number of hydrogen-bond acceptors (Lipinski definition) is 2. The Balaban J connectivity index is 2.77. The normalized spacial score (nSPS) is 10.9. The molecule has 1 aromatic carbocycles. The van der Waals surface area contributed by atoms with E-state index in [0.29, 0.717) is 4.90 Å². The van der Waals surface area contributed by atoms with Crippen molar-refractivity contribution in [2.24, 2.45) is 0 Å². The van der Waals surface area contributed by atoms with Crippen LogP contribution >= 0.6 is 58.2 Å². The highest BCUT2D eigenvalue weighted by Crippen LogP contribution is 2.49. The number of benzene rings is 1. The molecule has 0 unspecified atom stereocenters. The molecule has 0 saturated heterocycles. The highest BCUT2D eigenvalue weighted by atomic mass is 35.5. The van der Waals surface area contributed by atoms with Gasteiger partial charge in [-0.2, -0.15) is 0 Å². The van der Waals surface area contributed by atoms with Crippen molar-refractivity contribution in [1.82, 2.24) is 0 Å². The van der Waals surface area contributed by atoms with E-state index in [-0.39, 0.29) is 25.8 Å². The molecule has 0 fully saturated rings. The fraction of sp³-hybridized carbons (Fsp3) is 0.500. The zero-order valence-electron chi connectivity index (χ0n) is 9.90. The molecule has 0 aromatic heterocycles. The van der Waals surface area contributed by atoms with E-state index in [1.54, 1.807) is 0 Å². The van der Waals surface area contributed by atoms with E-state index in [2.05, 4.69) is 6.92 Å². The van der Waals surface area contributed by atoms with Crippen LogP contribution in [-0.2, 0) is 0 Å². The van der Waals surface area contributed by atoms with E-state index in [0.717, 1.165) is 12.2 Å². The van der Waals surface area contributed by atoms with Crippen LogP contribution in [0.1, 0.15) is 32.6 Å². The molecule has 0 saturated carbocycles. The maximum absolute atomic E-state index is 9.59. The van der Waals surface area contributed by atoms with Gasteiger partial charge < -0.3 is 5.11 Å². The second-order valence-electron chi connectivity index (χ2n) is 3.84. The standard InChI is InChI=1S/C12H14Cl4OS/c1-2-3-4-5-6-18-12-9(15)7(13)11(17)8(14)10(12)16/h17H,2-6H2,1H3. The van der Waals surface area contributed by atoms with E-state index in [9.17, 15) is 5.11 Å². The smallest absolute Gasteiger partial charge is 0.155 e. The maximum Gasteiger partial charge on any atom is 0.155 e. The van der Waals surface area contributed by atoms with Gasteiger partial charge in [0, 0.05) is 4.90 Å². The molecule has 1 N–H and O–H groups in total. The summed E-state index contributed by atoms with van der Waals surface area (Å²) in [6, 6.07) is 0. The van der Waals surface area contributed by atoms with Crippen LogP contribution in [0.2, 0.25) is 20.1 Å². The lowest BCUT2D eigenvalue weighted by Crippen LogP contribution is -1.86. The van der Waals surface area contributed by atoms with Crippen molar-refractivity contribution in [1.29, 1.82) is 0 Å². The molecule has 18 heavy (non-hydrogen) atoms. The average Bonchev–Trinajstić information content (AvgIpc) is 2.37. The van der Waals surface area contributed by atoms with E-state index >= 15 is 0 Å². The van der Waals surface area contributed by atoms with Gasteiger partial charge in [-0.3, -0.25) is 0 Å². The van der Waals surface area contributed by atoms with E-state index in [1.807, 2.05) is 0 Å². The molecule has 0 heterocycles. The molecular formula is C12H14Cl4OS. The van der Waals surface area contributed by atoms with E-state index in [4.69, 9.17) is 46.4 Å². The molecule has 6 heteroatoms. The van der Waals surface area contributed by atoms with Crippen LogP contribution in [0.25, 0.3) is 0 Å². The second kappa shape index (κ2) is 7.96. The fourth-order valence-corrected chi connectivity index (χ4v) is 3.72. The lowest BCUT2D eigenvalue weighted by atomic mass is 10.2. The Morgan fingerprint density at radius 3 is 1.94 bits per heavy atom. The van der Waals surface area contributed by atoms with Gasteiger partial charge in [0.15, 0.2) is 5.75 Å². The van der Waals surface area contributed by atoms with Gasteiger partial charge in [-0.1, -0.05) is 72.6 Å². The zero-order valence-corrected chi connectivity index (χ0v) is 13.7. The molecule has 1 rings (SSSR count). The van der Waals surface area contributed by atoms with Gasteiger partial charge in [0.05, 0.1) is 10.0 Å². The molecule has 0 aliphatic carbocycles. The number of aromatic hydroxyl groups is 1. The Kier molecular flexibility index (Phi) is 7.33. The number of phenols is 1. The monoisotopic (exact) mass is 346 g/mol. The van der Waals surface area contributed by atoms with Crippen molar-refractivity contribution in [3.8, 4) is 5.75 Å². The summed E-state index contributed by atoms with van der Waals surface area (Å²) in [6.45, 7) is 2.17. The van der Waals surface area contributed by atoms with Crippen LogP contribution in [0.15, 0.2) is 4.90 Å². The number of thioether (sulfide) groups is 1. The quantitative estimate of drug-likeness (QED) is 0.352. The number of unbranched alkanes of at least 4 members (excludes halogenated alkanes) is 3. The van der Waals surface area contributed by atoms with Crippen LogP contribution in [0.5, 0.6) is 5.75 Å². The predicted molar refractivity (Wildman–Crippen MR) is 83.0 cm³/mol. The van der Waals surface area contributed by atoms with Crippen molar-refractivity contribution in [2.75, 3.05) is 5.75 Å². The first-order chi connectivity index (χ1) is 8.50. The van der Waals surface area contributed by atoms with Crippen LogP contribution in [0, 0.1) is 0 Å². The summed E-state index contributed by atoms with van der Waals surface area (Å²) < 4.78 is 0. The Hall–Kier alpha value is 0.530. The Labute approximate surface area is 132 Å². The molecule has 0 aliphatic rings. The minimum absolute atomic E-state index is 0.0575. The summed E-state index contributed by atoms with van der Waals surface area (Å²) in [7, 11) is 0. The van der Waals surface area contributed by atoms with Gasteiger partial charge in [0.25, 0.3) is 0 Å². The van der Waals surface area contributed by atoms with Crippen LogP contribution in [-0.4, -0.2) is 10.9 Å². The lowest BCUT2D eigenvalue weighted by Gasteiger charge is -2.11. The van der Waals surface area contributed by atoms with Crippen LogP contribution < -0.4 is 0 Å². The SMILES string of the molecule is CCCCCCSc1c(Cl)c(Cl)c(O)c(Cl)c1Cl. The molecule has 0 amide bonds. The molecule has 0 radical (unpaired) electrons. The Bertz CT molecular complexity index is 394. The second-order valence-corrected chi connectivity index (χ2v) is 6.46. The van der Waals surface area contributed by atoms with Crippen molar-refractivity contribution in [3.05, 3.63) is 20.1 Å². The Morgan fingerprint density at radius 1 is 0.889 bits per heavy atom. The number of hydrogen-bond donors (Lipinski definition) is 1. The minimum atomic E-state index is -0.260. The number of rotatable bonds is 6. The van der Waals surface area contributed by atoms with Crippen LogP contribution in [0.4, 0.5) is 0 Å². The summed E-state index contributed by atoms with van der Waals surface area (Å²) in [5, 5.41) is 10.2. The highest BCUT2D eigenvalue weighted by Gasteiger charge is 2.19. The first-order valence-electron chi connectivity index (χ1n) is 5.68. The number of halogens is 4. The van der Waals surface area contributed by atoms with E-state index < -0.39 is 0 Å². The van der Waals surface area contributed by atoms with Crippen molar-refractivity contribution >= 4 is 58.2 Å². The fourth-order valence-electron chi connectivity index (χ4n) is 1.43. The molecular weight excluding hydrogens is 334 g/mol. The zero-order chi connectivity index (χ0) is 13.7. The summed E-state index contributed by atoms with van der Waals surface area (Å²) in [6.07, 6.45) is 4.68.